The van der Waals surface area contributed by atoms with Crippen LogP contribution in [0.3, 0.4) is 0 Å². The van der Waals surface area contributed by atoms with Crippen LogP contribution < -0.4 is 5.32 Å². The van der Waals surface area contributed by atoms with E-state index in [1.165, 1.54) is 30.3 Å². The smallest absolute Gasteiger partial charge is 0.434 e. The van der Waals surface area contributed by atoms with Gasteiger partial charge in [-0.25, -0.2) is 9.37 Å². The first-order valence-corrected chi connectivity index (χ1v) is 12.3. The minimum atomic E-state index is -4.56. The Morgan fingerprint density at radius 2 is 1.92 bits per heavy atom. The number of carbonyl (C=O) groups excluding carboxylic acids is 1. The summed E-state index contributed by atoms with van der Waals surface area (Å²) in [6.45, 7) is 0.854. The van der Waals surface area contributed by atoms with Crippen LogP contribution in [-0.2, 0) is 28.5 Å². The number of aromatic nitrogens is 2. The average molecular weight is 551 g/mol. The molecule has 1 fully saturated rings. The van der Waals surface area contributed by atoms with Gasteiger partial charge in [-0.2, -0.15) is 13.2 Å². The van der Waals surface area contributed by atoms with Crippen molar-refractivity contribution in [3.63, 3.8) is 0 Å². The van der Waals surface area contributed by atoms with Crippen molar-refractivity contribution in [2.75, 3.05) is 6.54 Å². The normalized spacial score (nSPS) is 15.9. The molecule has 5 rings (SSSR count). The van der Waals surface area contributed by atoms with Crippen LogP contribution in [0.25, 0.3) is 22.2 Å². The molecule has 0 radical (unpaired) electrons. The molecule has 0 amide bonds. The Kier molecular flexibility index (Phi) is 8.19. The van der Waals surface area contributed by atoms with Crippen molar-refractivity contribution in [3.8, 4) is 17.0 Å². The highest BCUT2D eigenvalue weighted by atomic mass is 32.2. The van der Waals surface area contributed by atoms with E-state index in [4.69, 9.17) is 4.42 Å². The number of phenols is 1. The first-order valence-electron chi connectivity index (χ1n) is 11.3. The summed E-state index contributed by atoms with van der Waals surface area (Å²) in [4.78, 5) is 19.0. The van der Waals surface area contributed by atoms with Crippen molar-refractivity contribution in [2.24, 2.45) is 0 Å². The summed E-state index contributed by atoms with van der Waals surface area (Å²) >= 11 is -2.41. The van der Waals surface area contributed by atoms with E-state index in [0.717, 1.165) is 24.7 Å². The number of fused-ring (bicyclic) bond motifs is 1. The number of Topliss-reactive ketones (excluding diaryl/α,β-unsaturated/α-hetero) is 1. The minimum absolute atomic E-state index is 0.0719. The zero-order valence-corrected chi connectivity index (χ0v) is 20.3. The van der Waals surface area contributed by atoms with E-state index in [0.29, 0.717) is 30.0 Å². The van der Waals surface area contributed by atoms with Gasteiger partial charge in [0, 0.05) is 34.5 Å². The highest BCUT2D eigenvalue weighted by Crippen LogP contribution is 2.31. The van der Waals surface area contributed by atoms with Gasteiger partial charge < -0.3 is 19.4 Å². The summed E-state index contributed by atoms with van der Waals surface area (Å²) in [5, 5.41) is 13.3. The molecule has 2 aromatic carbocycles. The number of aromatic hydroxyl groups is 1. The Hall–Kier alpha value is -3.68. The van der Waals surface area contributed by atoms with Gasteiger partial charge in [0.2, 0.25) is 0 Å². The van der Waals surface area contributed by atoms with Gasteiger partial charge in [-0.15, -0.1) is 0 Å². The topological polar surface area (TPSA) is 128 Å². The predicted octanol–water partition coefficient (Wildman–Crippen LogP) is 4.54. The number of aryl methyl sites for hydroxylation is 1. The Morgan fingerprint density at radius 3 is 2.53 bits per heavy atom. The molecule has 13 heteroatoms. The van der Waals surface area contributed by atoms with Gasteiger partial charge >= 0.3 is 6.18 Å². The lowest BCUT2D eigenvalue weighted by Gasteiger charge is -2.26. The molecule has 1 aliphatic rings. The number of ketones is 1. The summed E-state index contributed by atoms with van der Waals surface area (Å²) in [5.41, 5.74) is 0.487. The Morgan fingerprint density at radius 1 is 1.16 bits per heavy atom. The van der Waals surface area contributed by atoms with E-state index >= 15 is 0 Å². The van der Waals surface area contributed by atoms with Gasteiger partial charge in [0.15, 0.2) is 10.8 Å². The molecule has 0 bridgehead atoms. The zero-order chi connectivity index (χ0) is 27.4. The first-order chi connectivity index (χ1) is 18.0. The van der Waals surface area contributed by atoms with Crippen molar-refractivity contribution in [1.29, 1.82) is 0 Å². The molecule has 0 spiro atoms. The van der Waals surface area contributed by atoms with Crippen LogP contribution >= 0.6 is 0 Å². The van der Waals surface area contributed by atoms with Crippen LogP contribution in [0.2, 0.25) is 0 Å². The third-order valence-corrected chi connectivity index (χ3v) is 6.30. The van der Waals surface area contributed by atoms with Crippen LogP contribution in [-0.4, -0.2) is 42.2 Å². The maximum Gasteiger partial charge on any atom is 0.434 e. The number of halogens is 4. The fraction of sp³-hybridized carbons (Fsp3) is 0.240. The lowest BCUT2D eigenvalue weighted by molar-refractivity contribution is -0.141. The molecule has 2 atom stereocenters. The molecule has 1 saturated heterocycles. The SMILES string of the molecule is O=C(CCc1ccc(O)c(-c2cnc(C(F)(F)F)cn2)c1)[C@@H]1CCN1.O=S([O-])c1cc2cc(F)ccc2o1. The van der Waals surface area contributed by atoms with Crippen LogP contribution in [0, 0.1) is 5.82 Å². The minimum Gasteiger partial charge on any atom is -0.766 e. The fourth-order valence-electron chi connectivity index (χ4n) is 3.63. The van der Waals surface area contributed by atoms with Gasteiger partial charge in [-0.3, -0.25) is 14.0 Å². The maximum atomic E-state index is 12.7. The number of phenolic OH excluding ortho intramolecular Hbond substituents is 1. The number of benzene rings is 2. The molecule has 38 heavy (non-hydrogen) atoms. The second-order valence-electron chi connectivity index (χ2n) is 8.38. The molecule has 1 unspecified atom stereocenters. The van der Waals surface area contributed by atoms with Crippen molar-refractivity contribution in [3.05, 3.63) is 71.9 Å². The van der Waals surface area contributed by atoms with E-state index in [-0.39, 0.29) is 33.9 Å². The second-order valence-corrected chi connectivity index (χ2v) is 9.25. The molecule has 2 aromatic heterocycles. The lowest BCUT2D eigenvalue weighted by Crippen LogP contribution is -2.48. The summed E-state index contributed by atoms with van der Waals surface area (Å²) < 4.78 is 76.1. The number of carbonyl (C=O) groups is 1. The predicted molar refractivity (Wildman–Crippen MR) is 127 cm³/mol. The van der Waals surface area contributed by atoms with Gasteiger partial charge in [-0.1, -0.05) is 6.07 Å². The average Bonchev–Trinajstić information content (AvgIpc) is 3.26. The van der Waals surface area contributed by atoms with Gasteiger partial charge in [0.1, 0.15) is 22.9 Å². The van der Waals surface area contributed by atoms with E-state index < -0.39 is 28.8 Å². The third kappa shape index (κ3) is 6.60. The van der Waals surface area contributed by atoms with Crippen molar-refractivity contribution in [1.82, 2.24) is 15.3 Å². The molecule has 0 aliphatic carbocycles. The van der Waals surface area contributed by atoms with E-state index in [2.05, 4.69) is 15.3 Å². The highest BCUT2D eigenvalue weighted by molar-refractivity contribution is 7.79. The number of nitrogens with zero attached hydrogens (tertiary/aromatic N) is 2. The molecule has 8 nitrogen and oxygen atoms in total. The maximum absolute atomic E-state index is 12.7. The molecule has 200 valence electrons. The largest absolute Gasteiger partial charge is 0.766 e. The second kappa shape index (κ2) is 11.4. The van der Waals surface area contributed by atoms with Gasteiger partial charge in [0.05, 0.1) is 24.1 Å². The van der Waals surface area contributed by atoms with Crippen molar-refractivity contribution < 1.29 is 40.6 Å². The number of hydrogen-bond donors (Lipinski definition) is 2. The van der Waals surface area contributed by atoms with Crippen molar-refractivity contribution >= 4 is 27.8 Å². The fourth-order valence-corrected chi connectivity index (χ4v) is 4.02. The molecule has 3 heterocycles. The number of rotatable bonds is 6. The third-order valence-electron chi connectivity index (χ3n) is 5.77. The monoisotopic (exact) mass is 550 g/mol. The number of furan rings is 1. The Bertz CT molecular complexity index is 1470. The van der Waals surface area contributed by atoms with Crippen LogP contribution in [0.1, 0.15) is 24.1 Å². The quantitative estimate of drug-likeness (QED) is 0.265. The van der Waals surface area contributed by atoms with E-state index in [1.54, 1.807) is 12.1 Å². The highest BCUT2D eigenvalue weighted by Gasteiger charge is 2.33. The molecule has 1 aliphatic heterocycles. The summed E-state index contributed by atoms with van der Waals surface area (Å²) in [6, 6.07) is 9.76. The molecular formula is C25H20F4N3O5S-. The van der Waals surface area contributed by atoms with E-state index in [9.17, 15) is 36.2 Å². The molecule has 4 aromatic rings. The van der Waals surface area contributed by atoms with Crippen LogP contribution in [0.4, 0.5) is 17.6 Å². The molecule has 0 saturated carbocycles. The van der Waals surface area contributed by atoms with Gasteiger partial charge in [-0.05, 0) is 55.3 Å². The summed E-state index contributed by atoms with van der Waals surface area (Å²) in [5.74, 6) is -0.392. The van der Waals surface area contributed by atoms with Gasteiger partial charge in [0.25, 0.3) is 0 Å². The Balaban J connectivity index is 0.000000216. The number of hydrogen-bond acceptors (Lipinski definition) is 8. The summed E-state index contributed by atoms with van der Waals surface area (Å²) in [7, 11) is 0. The van der Waals surface area contributed by atoms with Crippen LogP contribution in [0.5, 0.6) is 5.75 Å². The standard InChI is InChI=1S/C17H16F3N3O2.C8H5FO3S/c18-17(19,20)16-9-22-13(8-23-16)11-7-10(1-3-14(11)24)2-4-15(25)12-5-6-21-12;9-6-1-2-7-5(3-6)4-8(12-7)13(10)11/h1,3,7-9,12,21,24H,2,4-6H2;1-4H,(H,10,11)/p-1/t12-;/m0./s1. The lowest BCUT2D eigenvalue weighted by atomic mass is 9.96. The number of nitrogens with one attached hydrogen (secondary N) is 1. The summed E-state index contributed by atoms with van der Waals surface area (Å²) in [6.07, 6.45) is -1.26. The first kappa shape index (κ1) is 27.4. The van der Waals surface area contributed by atoms with Crippen molar-refractivity contribution in [2.45, 2.75) is 36.6 Å². The molecule has 2 N–H and O–H groups in total. The van der Waals surface area contributed by atoms with Crippen LogP contribution in [0.15, 0.2) is 64.4 Å². The number of alkyl halides is 3. The molecular weight excluding hydrogens is 530 g/mol. The Labute approximate surface area is 216 Å². The zero-order valence-electron chi connectivity index (χ0n) is 19.5. The van der Waals surface area contributed by atoms with E-state index in [1.807, 2.05) is 0 Å².